The first-order valence-electron chi connectivity index (χ1n) is 26.7. The third-order valence-electron chi connectivity index (χ3n) is 11.8. The first-order valence-corrected chi connectivity index (χ1v) is 26.7. The molecule has 0 saturated carbocycles. The van der Waals surface area contributed by atoms with E-state index in [1.165, 1.54) is 103 Å². The van der Waals surface area contributed by atoms with Crippen molar-refractivity contribution in [1.29, 1.82) is 0 Å². The van der Waals surface area contributed by atoms with Gasteiger partial charge in [-0.15, -0.1) is 0 Å². The lowest BCUT2D eigenvalue weighted by Gasteiger charge is -2.24. The van der Waals surface area contributed by atoms with Crippen LogP contribution in [0.2, 0.25) is 0 Å². The molecule has 0 saturated heterocycles. The molecule has 3 atom stereocenters. The fourth-order valence-electron chi connectivity index (χ4n) is 7.75. The zero-order valence-corrected chi connectivity index (χ0v) is 41.4. The van der Waals surface area contributed by atoms with Crippen LogP contribution in [0.3, 0.4) is 0 Å². The number of esters is 1. The van der Waals surface area contributed by atoms with Crippen LogP contribution in [0.15, 0.2) is 72.9 Å². The maximum absolute atomic E-state index is 13.2. The van der Waals surface area contributed by atoms with Crippen molar-refractivity contribution in [2.75, 3.05) is 6.61 Å². The van der Waals surface area contributed by atoms with E-state index in [1.807, 2.05) is 0 Å². The van der Waals surface area contributed by atoms with Gasteiger partial charge in [0.15, 0.2) is 0 Å². The number of ether oxygens (including phenoxy) is 1. The fraction of sp³-hybridized carbons (Fsp3) is 0.754. The minimum atomic E-state index is -0.805. The molecule has 0 heterocycles. The van der Waals surface area contributed by atoms with Crippen molar-refractivity contribution in [2.24, 2.45) is 0 Å². The molecule has 6 heteroatoms. The zero-order chi connectivity index (χ0) is 45.9. The molecule has 0 radical (unpaired) electrons. The van der Waals surface area contributed by atoms with Gasteiger partial charge in [0.1, 0.15) is 6.10 Å². The average molecular weight is 880 g/mol. The maximum Gasteiger partial charge on any atom is 0.306 e. The fourth-order valence-corrected chi connectivity index (χ4v) is 7.75. The third kappa shape index (κ3) is 45.7. The number of unbranched alkanes of at least 4 members (excludes halogenated alkanes) is 23. The number of amides is 1. The lowest BCUT2D eigenvalue weighted by molar-refractivity contribution is -0.151. The summed E-state index contributed by atoms with van der Waals surface area (Å²) in [4.78, 5) is 26.2. The molecule has 0 rings (SSSR count). The molecule has 0 aliphatic rings. The molecule has 0 aliphatic heterocycles. The molecule has 364 valence electrons. The summed E-state index contributed by atoms with van der Waals surface area (Å²) in [6.45, 7) is 6.33. The predicted octanol–water partition coefficient (Wildman–Crippen LogP) is 16.2. The van der Waals surface area contributed by atoms with Gasteiger partial charge in [-0.25, -0.2) is 0 Å². The highest BCUT2D eigenvalue weighted by Gasteiger charge is 2.24. The Kier molecular flexibility index (Phi) is 48.1. The molecule has 0 aromatic rings. The van der Waals surface area contributed by atoms with E-state index in [1.54, 1.807) is 0 Å². The predicted molar refractivity (Wildman–Crippen MR) is 273 cm³/mol. The van der Waals surface area contributed by atoms with Gasteiger partial charge >= 0.3 is 5.97 Å². The van der Waals surface area contributed by atoms with Crippen molar-refractivity contribution in [3.05, 3.63) is 72.9 Å². The van der Waals surface area contributed by atoms with E-state index >= 15 is 0 Å². The van der Waals surface area contributed by atoms with Crippen molar-refractivity contribution in [3.8, 4) is 0 Å². The number of aliphatic hydroxyl groups excluding tert-OH is 2. The van der Waals surface area contributed by atoms with E-state index in [4.69, 9.17) is 4.74 Å². The summed E-state index contributed by atoms with van der Waals surface area (Å²) in [5, 5.41) is 23.8. The maximum atomic E-state index is 13.2. The van der Waals surface area contributed by atoms with Gasteiger partial charge in [0, 0.05) is 6.42 Å². The Morgan fingerprint density at radius 1 is 0.476 bits per heavy atom. The van der Waals surface area contributed by atoms with Crippen LogP contribution in [-0.2, 0) is 14.3 Å². The molecule has 0 spiro atoms. The summed E-state index contributed by atoms with van der Waals surface area (Å²) in [5.74, 6) is -0.538. The van der Waals surface area contributed by atoms with Crippen molar-refractivity contribution >= 4 is 11.9 Å². The number of allylic oxidation sites excluding steroid dienone is 12. The summed E-state index contributed by atoms with van der Waals surface area (Å²) in [6, 6.07) is -0.721. The molecule has 1 amide bonds. The molecule has 3 unspecified atom stereocenters. The number of rotatable bonds is 47. The van der Waals surface area contributed by atoms with Crippen LogP contribution >= 0.6 is 0 Å². The quantitative estimate of drug-likeness (QED) is 0.0321. The summed E-state index contributed by atoms with van der Waals surface area (Å²) < 4.78 is 5.91. The Bertz CT molecular complexity index is 1170. The highest BCUT2D eigenvalue weighted by atomic mass is 16.5. The lowest BCUT2D eigenvalue weighted by Crippen LogP contribution is -2.46. The Balaban J connectivity index is 4.61. The summed E-state index contributed by atoms with van der Waals surface area (Å²) >= 11 is 0. The van der Waals surface area contributed by atoms with Gasteiger partial charge in [0.05, 0.1) is 25.2 Å². The van der Waals surface area contributed by atoms with Crippen molar-refractivity contribution in [1.82, 2.24) is 5.32 Å². The van der Waals surface area contributed by atoms with Crippen LogP contribution in [0, 0.1) is 0 Å². The molecule has 63 heavy (non-hydrogen) atoms. The lowest BCUT2D eigenvalue weighted by atomic mass is 10.0. The molecule has 0 fully saturated rings. The summed E-state index contributed by atoms with van der Waals surface area (Å²) in [6.07, 6.45) is 63.9. The Morgan fingerprint density at radius 3 is 1.35 bits per heavy atom. The van der Waals surface area contributed by atoms with Gasteiger partial charge in [-0.05, 0) is 96.3 Å². The minimum absolute atomic E-state index is 0.0400. The number of nitrogens with one attached hydrogen (secondary N) is 1. The summed E-state index contributed by atoms with van der Waals surface area (Å²) in [5.41, 5.74) is 0. The topological polar surface area (TPSA) is 95.9 Å². The number of carbonyl (C=O) groups is 2. The highest BCUT2D eigenvalue weighted by molar-refractivity contribution is 5.77. The van der Waals surface area contributed by atoms with E-state index in [2.05, 4.69) is 99.0 Å². The van der Waals surface area contributed by atoms with Gasteiger partial charge in [-0.1, -0.05) is 216 Å². The standard InChI is InChI=1S/C57H101NO5/c1-4-7-10-13-16-19-22-25-27-28-30-32-35-38-41-44-47-50-57(62)63-53(48-45-42-39-36-33-24-21-18-15-12-9-6-3)51-56(61)58-54(52-59)55(60)49-46-43-40-37-34-31-29-26-23-20-17-14-11-8-5-2/h9,12,16,18-19,21,25,27,30,32-33,36,53-55,59-60H,4-8,10-11,13-15,17,20,22-24,26,28-29,31,34-35,37-52H2,1-3H3,(H,58,61)/b12-9+,19-16-,21-18+,27-25-,32-30-,36-33+. The van der Waals surface area contributed by atoms with Gasteiger partial charge in [-0.2, -0.15) is 0 Å². The van der Waals surface area contributed by atoms with E-state index < -0.39 is 18.2 Å². The first kappa shape index (κ1) is 60.3. The van der Waals surface area contributed by atoms with Gasteiger partial charge in [0.25, 0.3) is 0 Å². The van der Waals surface area contributed by atoms with Crippen molar-refractivity contribution in [3.63, 3.8) is 0 Å². The van der Waals surface area contributed by atoms with Crippen LogP contribution in [0.1, 0.15) is 252 Å². The van der Waals surface area contributed by atoms with E-state index in [9.17, 15) is 19.8 Å². The van der Waals surface area contributed by atoms with E-state index in [-0.39, 0.29) is 24.9 Å². The molecule has 6 nitrogen and oxygen atoms in total. The van der Waals surface area contributed by atoms with Crippen LogP contribution in [0.25, 0.3) is 0 Å². The number of carbonyl (C=O) groups excluding carboxylic acids is 2. The average Bonchev–Trinajstić information content (AvgIpc) is 3.28. The Labute approximate surface area is 390 Å². The van der Waals surface area contributed by atoms with Gasteiger partial charge < -0.3 is 20.3 Å². The Hall–Kier alpha value is -2.70. The van der Waals surface area contributed by atoms with Crippen molar-refractivity contribution < 1.29 is 24.5 Å². The minimum Gasteiger partial charge on any atom is -0.462 e. The summed E-state index contributed by atoms with van der Waals surface area (Å²) in [7, 11) is 0. The SMILES string of the molecule is CC/C=C/C/C=C/C/C=C/CCCCC(CC(=O)NC(CO)C(O)CCCCCCCCCCCCCCCCC)OC(=O)CCCCCC/C=C\C/C=C\C/C=C\CCCCC. The van der Waals surface area contributed by atoms with Crippen LogP contribution in [0.4, 0.5) is 0 Å². The molecule has 0 aromatic carbocycles. The molecule has 0 aromatic heterocycles. The second-order valence-electron chi connectivity index (χ2n) is 17.9. The van der Waals surface area contributed by atoms with Gasteiger partial charge in [0.2, 0.25) is 5.91 Å². The normalized spacial score (nSPS) is 13.8. The van der Waals surface area contributed by atoms with Crippen molar-refractivity contribution in [2.45, 2.75) is 270 Å². The highest BCUT2D eigenvalue weighted by Crippen LogP contribution is 2.17. The first-order chi connectivity index (χ1) is 31.0. The zero-order valence-electron chi connectivity index (χ0n) is 41.4. The number of hydrogen-bond acceptors (Lipinski definition) is 5. The smallest absolute Gasteiger partial charge is 0.306 e. The molecule has 0 bridgehead atoms. The molecular weight excluding hydrogens is 779 g/mol. The molecule has 0 aliphatic carbocycles. The van der Waals surface area contributed by atoms with Crippen LogP contribution in [-0.4, -0.2) is 46.9 Å². The molecule has 3 N–H and O–H groups in total. The number of hydrogen-bond donors (Lipinski definition) is 3. The second kappa shape index (κ2) is 50.3. The third-order valence-corrected chi connectivity index (χ3v) is 11.8. The monoisotopic (exact) mass is 880 g/mol. The van der Waals surface area contributed by atoms with Crippen LogP contribution < -0.4 is 5.32 Å². The van der Waals surface area contributed by atoms with E-state index in [0.29, 0.717) is 19.3 Å². The Morgan fingerprint density at radius 2 is 0.857 bits per heavy atom. The second-order valence-corrected chi connectivity index (χ2v) is 17.9. The van der Waals surface area contributed by atoms with Crippen LogP contribution in [0.5, 0.6) is 0 Å². The van der Waals surface area contributed by atoms with E-state index in [0.717, 1.165) is 103 Å². The molecular formula is C57H101NO5. The van der Waals surface area contributed by atoms with Gasteiger partial charge in [-0.3, -0.25) is 9.59 Å². The largest absolute Gasteiger partial charge is 0.462 e. The number of aliphatic hydroxyl groups is 2.